The van der Waals surface area contributed by atoms with Gasteiger partial charge < -0.3 is 10.2 Å². The highest BCUT2D eigenvalue weighted by Crippen LogP contribution is 2.20. The van der Waals surface area contributed by atoms with E-state index < -0.39 is 0 Å². The predicted molar refractivity (Wildman–Crippen MR) is 100 cm³/mol. The van der Waals surface area contributed by atoms with Crippen molar-refractivity contribution >= 4 is 30.4 Å². The molecule has 0 aromatic rings. The predicted octanol–water partition coefficient (Wildman–Crippen LogP) is 2.13. The van der Waals surface area contributed by atoms with E-state index in [1.807, 2.05) is 0 Å². The molecule has 1 heterocycles. The van der Waals surface area contributed by atoms with Crippen molar-refractivity contribution in [1.82, 2.24) is 10.2 Å². The molecule has 0 bridgehead atoms. The van der Waals surface area contributed by atoms with Gasteiger partial charge in [-0.2, -0.15) is 0 Å². The number of thiol groups is 1. The van der Waals surface area contributed by atoms with Crippen LogP contribution in [0.1, 0.15) is 26.2 Å². The number of hydrogen-bond acceptors (Lipinski definition) is 4. The minimum atomic E-state index is -0.340. The van der Waals surface area contributed by atoms with Crippen molar-refractivity contribution in [3.05, 3.63) is 35.1 Å². The average Bonchev–Trinajstić information content (AvgIpc) is 2.59. The molecule has 24 heavy (non-hydrogen) atoms. The summed E-state index contributed by atoms with van der Waals surface area (Å²) in [6.45, 7) is 7.54. The molecular formula is C18H25N3O2S. The van der Waals surface area contributed by atoms with Crippen LogP contribution in [0.3, 0.4) is 0 Å². The molecule has 0 aromatic heterocycles. The number of carbonyl (C=O) groups is 2. The van der Waals surface area contributed by atoms with Crippen molar-refractivity contribution < 1.29 is 9.59 Å². The summed E-state index contributed by atoms with van der Waals surface area (Å²) in [6, 6.07) is 0. The van der Waals surface area contributed by atoms with Crippen LogP contribution in [0.5, 0.6) is 0 Å². The summed E-state index contributed by atoms with van der Waals surface area (Å²) in [6.07, 6.45) is 9.21. The fraction of sp³-hybridized carbons (Fsp3) is 0.500. The van der Waals surface area contributed by atoms with Crippen molar-refractivity contribution in [2.24, 2.45) is 10.9 Å². The summed E-state index contributed by atoms with van der Waals surface area (Å²) >= 11 is 3.86. The van der Waals surface area contributed by atoms with Crippen LogP contribution in [0.2, 0.25) is 0 Å². The van der Waals surface area contributed by atoms with Gasteiger partial charge in [0.25, 0.3) is 0 Å². The van der Waals surface area contributed by atoms with Crippen LogP contribution in [0.25, 0.3) is 0 Å². The topological polar surface area (TPSA) is 61.8 Å². The van der Waals surface area contributed by atoms with Crippen LogP contribution >= 0.6 is 12.6 Å². The molecule has 6 heteroatoms. The molecule has 130 valence electrons. The van der Waals surface area contributed by atoms with Gasteiger partial charge in [0, 0.05) is 18.5 Å². The molecule has 1 unspecified atom stereocenters. The maximum absolute atomic E-state index is 12.3. The second kappa shape index (κ2) is 8.99. The van der Waals surface area contributed by atoms with Gasteiger partial charge in [0.15, 0.2) is 0 Å². The number of amides is 1. The van der Waals surface area contributed by atoms with Gasteiger partial charge in [0.2, 0.25) is 11.0 Å². The molecule has 0 aromatic carbocycles. The van der Waals surface area contributed by atoms with E-state index in [0.29, 0.717) is 30.2 Å². The zero-order valence-electron chi connectivity index (χ0n) is 14.1. The lowest BCUT2D eigenvalue weighted by Gasteiger charge is -2.28. The molecule has 0 radical (unpaired) electrons. The SMILES string of the molecule is C=NC1=C(C(=O)S)CN(C(=O)CNCCC2=CCC(C)C=C2)CC1. The molecule has 1 aliphatic heterocycles. The summed E-state index contributed by atoms with van der Waals surface area (Å²) < 4.78 is 0. The third kappa shape index (κ3) is 5.18. The van der Waals surface area contributed by atoms with Crippen LogP contribution in [-0.2, 0) is 9.59 Å². The Morgan fingerprint density at radius 2 is 2.29 bits per heavy atom. The van der Waals surface area contributed by atoms with Gasteiger partial charge in [-0.3, -0.25) is 14.6 Å². The van der Waals surface area contributed by atoms with E-state index in [9.17, 15) is 9.59 Å². The number of nitrogens with zero attached hydrogens (tertiary/aromatic N) is 2. The monoisotopic (exact) mass is 347 g/mol. The minimum Gasteiger partial charge on any atom is -0.337 e. The number of allylic oxidation sites excluding steroid dienone is 3. The fourth-order valence-corrected chi connectivity index (χ4v) is 3.03. The lowest BCUT2D eigenvalue weighted by atomic mass is 9.97. The van der Waals surface area contributed by atoms with Crippen LogP contribution in [0.15, 0.2) is 40.1 Å². The van der Waals surface area contributed by atoms with Crippen LogP contribution in [0, 0.1) is 5.92 Å². The molecule has 1 amide bonds. The first kappa shape index (κ1) is 18.7. The molecule has 0 saturated carbocycles. The zero-order chi connectivity index (χ0) is 17.5. The Kier molecular flexibility index (Phi) is 6.99. The molecule has 5 nitrogen and oxygen atoms in total. The summed E-state index contributed by atoms with van der Waals surface area (Å²) in [7, 11) is 0. The first-order chi connectivity index (χ1) is 11.5. The number of hydrogen-bond donors (Lipinski definition) is 2. The number of rotatable bonds is 7. The van der Waals surface area contributed by atoms with E-state index in [1.165, 1.54) is 5.57 Å². The fourth-order valence-electron chi connectivity index (χ4n) is 2.83. The first-order valence-electron chi connectivity index (χ1n) is 8.29. The summed E-state index contributed by atoms with van der Waals surface area (Å²) in [5.74, 6) is 0.612. The van der Waals surface area contributed by atoms with Crippen LogP contribution < -0.4 is 5.32 Å². The molecule has 0 fully saturated rings. The second-order valence-electron chi connectivity index (χ2n) is 6.23. The van der Waals surface area contributed by atoms with E-state index in [1.54, 1.807) is 4.90 Å². The van der Waals surface area contributed by atoms with Gasteiger partial charge in [-0.05, 0) is 32.0 Å². The second-order valence-corrected chi connectivity index (χ2v) is 6.64. The van der Waals surface area contributed by atoms with E-state index in [2.05, 4.69) is 54.8 Å². The van der Waals surface area contributed by atoms with Crippen molar-refractivity contribution in [2.45, 2.75) is 26.2 Å². The van der Waals surface area contributed by atoms with Gasteiger partial charge in [-0.15, -0.1) is 12.6 Å². The highest BCUT2D eigenvalue weighted by Gasteiger charge is 2.24. The molecule has 1 aliphatic carbocycles. The molecule has 2 aliphatic rings. The van der Waals surface area contributed by atoms with E-state index in [4.69, 9.17) is 0 Å². The lowest BCUT2D eigenvalue weighted by Crippen LogP contribution is -2.42. The molecule has 0 saturated heterocycles. The molecule has 1 N–H and O–H groups in total. The van der Waals surface area contributed by atoms with Gasteiger partial charge in [0.1, 0.15) is 0 Å². The Balaban J connectivity index is 1.75. The van der Waals surface area contributed by atoms with E-state index in [-0.39, 0.29) is 24.1 Å². The third-order valence-electron chi connectivity index (χ3n) is 4.37. The third-order valence-corrected chi connectivity index (χ3v) is 4.64. The summed E-state index contributed by atoms with van der Waals surface area (Å²) in [5.41, 5.74) is 2.44. The largest absolute Gasteiger partial charge is 0.337 e. The van der Waals surface area contributed by atoms with Crippen molar-refractivity contribution in [3.8, 4) is 0 Å². The Labute approximate surface area is 149 Å². The van der Waals surface area contributed by atoms with E-state index >= 15 is 0 Å². The van der Waals surface area contributed by atoms with Gasteiger partial charge in [-0.1, -0.05) is 30.7 Å². The van der Waals surface area contributed by atoms with Crippen LogP contribution in [0.4, 0.5) is 0 Å². The minimum absolute atomic E-state index is 0.00742. The maximum Gasteiger partial charge on any atom is 0.236 e. The maximum atomic E-state index is 12.3. The first-order valence-corrected chi connectivity index (χ1v) is 8.73. The van der Waals surface area contributed by atoms with Gasteiger partial charge in [-0.25, -0.2) is 0 Å². The molecule has 1 atom stereocenters. The normalized spacial score (nSPS) is 20.8. The van der Waals surface area contributed by atoms with Crippen LogP contribution in [-0.4, -0.2) is 48.8 Å². The zero-order valence-corrected chi connectivity index (χ0v) is 15.0. The van der Waals surface area contributed by atoms with Gasteiger partial charge >= 0.3 is 0 Å². The quantitative estimate of drug-likeness (QED) is 0.421. The Bertz CT molecular complexity index is 607. The summed E-state index contributed by atoms with van der Waals surface area (Å²) in [5, 5.41) is 2.85. The number of aliphatic imine (C=N–C) groups is 1. The van der Waals surface area contributed by atoms with E-state index in [0.717, 1.165) is 19.4 Å². The highest BCUT2D eigenvalue weighted by molar-refractivity contribution is 7.97. The van der Waals surface area contributed by atoms with Crippen molar-refractivity contribution in [3.63, 3.8) is 0 Å². The molecule has 0 spiro atoms. The van der Waals surface area contributed by atoms with Gasteiger partial charge in [0.05, 0.1) is 18.8 Å². The van der Waals surface area contributed by atoms with Crippen molar-refractivity contribution in [2.75, 3.05) is 26.2 Å². The lowest BCUT2D eigenvalue weighted by molar-refractivity contribution is -0.130. The highest BCUT2D eigenvalue weighted by atomic mass is 32.1. The Morgan fingerprint density at radius 1 is 1.50 bits per heavy atom. The Morgan fingerprint density at radius 3 is 2.92 bits per heavy atom. The molecular weight excluding hydrogens is 322 g/mol. The number of nitrogens with one attached hydrogen (secondary N) is 1. The number of carbonyl (C=O) groups excluding carboxylic acids is 2. The molecule has 2 rings (SSSR count). The standard InChI is InChI=1S/C18H25N3O2S/c1-13-3-5-14(6-4-13)7-9-20-11-17(22)21-10-8-16(19-2)15(12-21)18(23)24/h3,5-6,13,20H,2,4,7-12H2,1H3,(H,23,24). The Hall–Kier alpha value is -1.66. The summed E-state index contributed by atoms with van der Waals surface area (Å²) in [4.78, 5) is 29.4. The average molecular weight is 347 g/mol. The smallest absolute Gasteiger partial charge is 0.236 e. The van der Waals surface area contributed by atoms with Crippen molar-refractivity contribution in [1.29, 1.82) is 0 Å².